The van der Waals surface area contributed by atoms with Crippen molar-refractivity contribution in [3.63, 3.8) is 0 Å². The number of ether oxygens (including phenoxy) is 2. The Morgan fingerprint density at radius 1 is 1.70 bits per heavy atom. The minimum Gasteiger partial charge on any atom is -0.375 e. The van der Waals surface area contributed by atoms with Gasteiger partial charge in [-0.1, -0.05) is 0 Å². The van der Waals surface area contributed by atoms with Crippen molar-refractivity contribution >= 4 is 0 Å². The van der Waals surface area contributed by atoms with E-state index in [2.05, 4.69) is 5.32 Å². The number of nitrogens with one attached hydrogen (secondary N) is 1. The van der Waals surface area contributed by atoms with Gasteiger partial charge in [-0.25, -0.2) is 0 Å². The van der Waals surface area contributed by atoms with Crippen molar-refractivity contribution in [2.45, 2.75) is 12.5 Å². The van der Waals surface area contributed by atoms with Gasteiger partial charge in [0.15, 0.2) is 0 Å². The zero-order chi connectivity index (χ0) is 7.45. The van der Waals surface area contributed by atoms with E-state index in [1.807, 2.05) is 14.0 Å². The Balaban J connectivity index is 0.000001000. The van der Waals surface area contributed by atoms with Crippen molar-refractivity contribution in [2.75, 3.05) is 33.4 Å². The van der Waals surface area contributed by atoms with Crippen LogP contribution >= 0.6 is 0 Å². The second-order valence-corrected chi connectivity index (χ2v) is 2.64. The first kappa shape index (κ1) is 7.98. The van der Waals surface area contributed by atoms with E-state index >= 15 is 0 Å². The minimum absolute atomic E-state index is 0. The molecular formula is C7H17NO2. The lowest BCUT2D eigenvalue weighted by Gasteiger charge is -2.40. The zero-order valence-corrected chi connectivity index (χ0v) is 6.64. The van der Waals surface area contributed by atoms with Crippen LogP contribution < -0.4 is 5.32 Å². The Hall–Kier alpha value is -0.120. The van der Waals surface area contributed by atoms with E-state index in [-0.39, 0.29) is 7.03 Å². The van der Waals surface area contributed by atoms with Crippen molar-refractivity contribution in [1.29, 1.82) is 0 Å². The van der Waals surface area contributed by atoms with Crippen LogP contribution in [0, 0.1) is 0 Å². The quantitative estimate of drug-likeness (QED) is 0.618. The van der Waals surface area contributed by atoms with Crippen LogP contribution in [0.3, 0.4) is 0 Å². The lowest BCUT2D eigenvalue weighted by Crippen LogP contribution is -2.57. The van der Waals surface area contributed by atoms with E-state index in [9.17, 15) is 0 Å². The topological polar surface area (TPSA) is 30.5 Å². The first-order chi connectivity index (χ1) is 4.83. The smallest absolute Gasteiger partial charge is 0.127 e. The van der Waals surface area contributed by atoms with Crippen LogP contribution in [0.4, 0.5) is 0 Å². The molecule has 0 spiro atoms. The fraction of sp³-hybridized carbons (Fsp3) is 1.00. The molecular weight excluding hydrogens is 130 g/mol. The maximum atomic E-state index is 5.52. The summed E-state index contributed by atoms with van der Waals surface area (Å²) in [7, 11) is 1.93. The molecule has 0 amide bonds. The number of rotatable bonds is 4. The summed E-state index contributed by atoms with van der Waals surface area (Å²) in [5, 5.41) is 3.09. The highest BCUT2D eigenvalue weighted by molar-refractivity contribution is 4.89. The van der Waals surface area contributed by atoms with Crippen LogP contribution in [0.2, 0.25) is 0 Å². The van der Waals surface area contributed by atoms with Crippen LogP contribution in [-0.4, -0.2) is 39.0 Å². The SMILES string of the molecule is CCOC1(CNC)COC1.[HH]. The maximum Gasteiger partial charge on any atom is 0.127 e. The first-order valence-electron chi connectivity index (χ1n) is 3.69. The maximum absolute atomic E-state index is 5.52. The summed E-state index contributed by atoms with van der Waals surface area (Å²) in [6.07, 6.45) is 0. The molecule has 3 heteroatoms. The van der Waals surface area contributed by atoms with Gasteiger partial charge in [-0.15, -0.1) is 0 Å². The van der Waals surface area contributed by atoms with Crippen molar-refractivity contribution in [2.24, 2.45) is 0 Å². The first-order valence-corrected chi connectivity index (χ1v) is 3.69. The molecule has 1 N–H and O–H groups in total. The lowest BCUT2D eigenvalue weighted by molar-refractivity contribution is -0.203. The molecule has 10 heavy (non-hydrogen) atoms. The van der Waals surface area contributed by atoms with Gasteiger partial charge in [-0.2, -0.15) is 0 Å². The van der Waals surface area contributed by atoms with Crippen LogP contribution in [0.5, 0.6) is 0 Å². The highest BCUT2D eigenvalue weighted by atomic mass is 16.6. The summed E-state index contributed by atoms with van der Waals surface area (Å²) >= 11 is 0. The van der Waals surface area contributed by atoms with Crippen molar-refractivity contribution in [1.82, 2.24) is 5.32 Å². The third-order valence-corrected chi connectivity index (χ3v) is 1.68. The Morgan fingerprint density at radius 3 is 2.70 bits per heavy atom. The standard InChI is InChI=1S/C7H15NO2.H2/c1-3-10-7(4-8-2)5-9-6-7;/h8H,3-6H2,1-2H3;1H. The van der Waals surface area contributed by atoms with Crippen LogP contribution in [0.1, 0.15) is 8.35 Å². The fourth-order valence-electron chi connectivity index (χ4n) is 1.19. The van der Waals surface area contributed by atoms with Gasteiger partial charge in [0, 0.05) is 14.6 Å². The molecule has 1 heterocycles. The molecule has 0 aromatic carbocycles. The molecule has 0 saturated carbocycles. The molecule has 1 aliphatic heterocycles. The lowest BCUT2D eigenvalue weighted by atomic mass is 10.0. The van der Waals surface area contributed by atoms with Gasteiger partial charge < -0.3 is 14.8 Å². The molecule has 0 aliphatic carbocycles. The second kappa shape index (κ2) is 3.32. The largest absolute Gasteiger partial charge is 0.375 e. The van der Waals surface area contributed by atoms with Crippen LogP contribution in [-0.2, 0) is 9.47 Å². The minimum atomic E-state index is -0.0104. The summed E-state index contributed by atoms with van der Waals surface area (Å²) in [6.45, 7) is 5.14. The Labute approximate surface area is 63.2 Å². The van der Waals surface area contributed by atoms with Gasteiger partial charge in [-0.3, -0.25) is 0 Å². The second-order valence-electron chi connectivity index (χ2n) is 2.64. The number of hydrogen-bond acceptors (Lipinski definition) is 3. The van der Waals surface area contributed by atoms with Gasteiger partial charge in [0.05, 0.1) is 13.2 Å². The summed E-state index contributed by atoms with van der Waals surface area (Å²) in [6, 6.07) is 0. The highest BCUT2D eigenvalue weighted by Gasteiger charge is 2.38. The van der Waals surface area contributed by atoms with E-state index in [1.54, 1.807) is 0 Å². The summed E-state index contributed by atoms with van der Waals surface area (Å²) in [4.78, 5) is 0. The number of hydrogen-bond donors (Lipinski definition) is 1. The third kappa shape index (κ3) is 1.48. The van der Waals surface area contributed by atoms with Crippen molar-refractivity contribution in [3.8, 4) is 0 Å². The molecule has 62 valence electrons. The zero-order valence-electron chi connectivity index (χ0n) is 6.64. The molecule has 0 atom stereocenters. The van der Waals surface area contributed by atoms with E-state index in [1.165, 1.54) is 0 Å². The molecule has 0 radical (unpaired) electrons. The molecule has 0 aromatic heterocycles. The molecule has 0 aromatic rings. The molecule has 3 nitrogen and oxygen atoms in total. The van der Waals surface area contributed by atoms with Gasteiger partial charge in [-0.05, 0) is 14.0 Å². The highest BCUT2D eigenvalue weighted by Crippen LogP contribution is 2.20. The van der Waals surface area contributed by atoms with Crippen molar-refractivity contribution in [3.05, 3.63) is 0 Å². The molecule has 1 saturated heterocycles. The van der Waals surface area contributed by atoms with E-state index < -0.39 is 0 Å². The molecule has 0 unspecified atom stereocenters. The van der Waals surface area contributed by atoms with Crippen LogP contribution in [0.15, 0.2) is 0 Å². The average molecular weight is 147 g/mol. The predicted molar refractivity (Wildman–Crippen MR) is 41.2 cm³/mol. The Kier molecular flexibility index (Phi) is 2.65. The fourth-order valence-corrected chi connectivity index (χ4v) is 1.19. The van der Waals surface area contributed by atoms with Crippen molar-refractivity contribution < 1.29 is 10.9 Å². The molecule has 0 bridgehead atoms. The third-order valence-electron chi connectivity index (χ3n) is 1.68. The number of likely N-dealkylation sites (N-methyl/N-ethyl adjacent to an activating group) is 1. The van der Waals surface area contributed by atoms with E-state index in [0.29, 0.717) is 0 Å². The van der Waals surface area contributed by atoms with Crippen LogP contribution in [0.25, 0.3) is 0 Å². The summed E-state index contributed by atoms with van der Waals surface area (Å²) in [5.74, 6) is 0. The Bertz CT molecular complexity index is 98.6. The van der Waals surface area contributed by atoms with Gasteiger partial charge >= 0.3 is 0 Å². The van der Waals surface area contributed by atoms with Gasteiger partial charge in [0.25, 0.3) is 0 Å². The van der Waals surface area contributed by atoms with Gasteiger partial charge in [0.2, 0.25) is 0 Å². The summed E-state index contributed by atoms with van der Waals surface area (Å²) in [5.41, 5.74) is -0.0104. The Morgan fingerprint density at radius 2 is 2.40 bits per heavy atom. The molecule has 1 aliphatic rings. The summed E-state index contributed by atoms with van der Waals surface area (Å²) < 4.78 is 10.6. The monoisotopic (exact) mass is 147 g/mol. The van der Waals surface area contributed by atoms with Gasteiger partial charge in [0.1, 0.15) is 5.60 Å². The predicted octanol–water partition coefficient (Wildman–Crippen LogP) is 0.257. The average Bonchev–Trinajstić information content (AvgIpc) is 1.84. The van der Waals surface area contributed by atoms with E-state index in [4.69, 9.17) is 9.47 Å². The molecule has 1 rings (SSSR count). The normalized spacial score (nSPS) is 22.2. The molecule has 1 fully saturated rings. The van der Waals surface area contributed by atoms with E-state index in [0.717, 1.165) is 26.4 Å².